The molecular weight excluding hydrogens is 387 g/mol. The van der Waals surface area contributed by atoms with E-state index in [4.69, 9.17) is 4.74 Å². The predicted octanol–water partition coefficient (Wildman–Crippen LogP) is 5.65. The lowest BCUT2D eigenvalue weighted by atomic mass is 10.1. The Hall–Kier alpha value is -3.32. The summed E-state index contributed by atoms with van der Waals surface area (Å²) in [5.41, 5.74) is 6.26. The number of rotatable bonds is 6. The molecule has 0 bridgehead atoms. The maximum atomic E-state index is 13.8. The number of hydrogen-bond donors (Lipinski definition) is 1. The number of thiophene rings is 1. The molecular formula is C22H19FN4OS. The molecule has 0 atom stereocenters. The molecule has 0 aliphatic heterocycles. The largest absolute Gasteiger partial charge is 0.493 e. The summed E-state index contributed by atoms with van der Waals surface area (Å²) in [7, 11) is 0. The number of fused-ring (bicyclic) bond motifs is 1. The third-order valence-electron chi connectivity index (χ3n) is 4.41. The molecule has 1 N–H and O–H groups in total. The molecule has 0 saturated heterocycles. The second-order valence-electron chi connectivity index (χ2n) is 6.28. The zero-order valence-corrected chi connectivity index (χ0v) is 16.8. The molecule has 0 amide bonds. The molecule has 2 aromatic carbocycles. The predicted molar refractivity (Wildman–Crippen MR) is 116 cm³/mol. The molecule has 7 heteroatoms. The molecule has 0 aliphatic carbocycles. The van der Waals surface area contributed by atoms with Gasteiger partial charge in [-0.3, -0.25) is 5.43 Å². The van der Waals surface area contributed by atoms with Crippen LogP contribution in [0.15, 0.2) is 60.0 Å². The van der Waals surface area contributed by atoms with E-state index in [0.29, 0.717) is 18.0 Å². The molecule has 5 nitrogen and oxygen atoms in total. The first-order chi connectivity index (χ1) is 14.2. The molecule has 4 rings (SSSR count). The van der Waals surface area contributed by atoms with E-state index in [-0.39, 0.29) is 5.82 Å². The molecule has 0 unspecified atom stereocenters. The first-order valence-corrected chi connectivity index (χ1v) is 10.0. The normalized spacial score (nSPS) is 11.3. The van der Waals surface area contributed by atoms with Gasteiger partial charge in [-0.1, -0.05) is 30.3 Å². The third-order valence-corrected chi connectivity index (χ3v) is 5.74. The number of benzene rings is 2. The maximum Gasteiger partial charge on any atom is 0.167 e. The van der Waals surface area contributed by atoms with Crippen molar-refractivity contribution in [3.05, 3.63) is 71.8 Å². The minimum atomic E-state index is -0.326. The minimum absolute atomic E-state index is 0.326. The van der Waals surface area contributed by atoms with Crippen molar-refractivity contribution in [3.63, 3.8) is 0 Å². The Morgan fingerprint density at radius 1 is 1.14 bits per heavy atom. The first-order valence-electron chi connectivity index (χ1n) is 9.19. The summed E-state index contributed by atoms with van der Waals surface area (Å²) in [6.07, 6.45) is 2.94. The van der Waals surface area contributed by atoms with E-state index >= 15 is 0 Å². The van der Waals surface area contributed by atoms with Crippen LogP contribution in [0.4, 0.5) is 10.2 Å². The van der Waals surface area contributed by atoms with Gasteiger partial charge in [-0.15, -0.1) is 11.3 Å². The fourth-order valence-corrected chi connectivity index (χ4v) is 4.27. The fraction of sp³-hybridized carbons (Fsp3) is 0.136. The smallest absolute Gasteiger partial charge is 0.167 e. The first kappa shape index (κ1) is 19.0. The number of halogens is 1. The maximum absolute atomic E-state index is 13.8. The van der Waals surface area contributed by atoms with Gasteiger partial charge in [0, 0.05) is 16.0 Å². The fourth-order valence-electron chi connectivity index (χ4n) is 3.04. The zero-order chi connectivity index (χ0) is 20.2. The van der Waals surface area contributed by atoms with Gasteiger partial charge in [-0.05, 0) is 37.6 Å². The van der Waals surface area contributed by atoms with Crippen molar-refractivity contribution >= 4 is 33.6 Å². The molecule has 0 fully saturated rings. The number of aromatic nitrogens is 2. The van der Waals surface area contributed by atoms with E-state index in [0.717, 1.165) is 32.0 Å². The summed E-state index contributed by atoms with van der Waals surface area (Å²) in [5, 5.41) is 4.16. The Morgan fingerprint density at radius 3 is 2.76 bits per heavy atom. The van der Waals surface area contributed by atoms with Crippen LogP contribution in [0, 0.1) is 12.7 Å². The van der Waals surface area contributed by atoms with E-state index in [1.165, 1.54) is 18.6 Å². The SMILES string of the molecule is CCOc1ccccc1-c1sc2c(N/N=C/c3ccccc3F)ncnc2c1C. The number of para-hydroxylation sites is 1. The van der Waals surface area contributed by atoms with E-state index in [2.05, 4.69) is 20.5 Å². The number of ether oxygens (including phenoxy) is 1. The number of hydrazone groups is 1. The number of hydrogen-bond acceptors (Lipinski definition) is 6. The number of nitrogens with one attached hydrogen (secondary N) is 1. The highest BCUT2D eigenvalue weighted by atomic mass is 32.1. The van der Waals surface area contributed by atoms with Crippen molar-refractivity contribution in [3.8, 4) is 16.2 Å². The number of aryl methyl sites for hydroxylation is 1. The van der Waals surface area contributed by atoms with Crippen LogP contribution in [0.3, 0.4) is 0 Å². The zero-order valence-electron chi connectivity index (χ0n) is 16.0. The van der Waals surface area contributed by atoms with Gasteiger partial charge in [-0.2, -0.15) is 5.10 Å². The highest BCUT2D eigenvalue weighted by Crippen LogP contribution is 2.42. The van der Waals surface area contributed by atoms with E-state index in [1.807, 2.05) is 38.1 Å². The summed E-state index contributed by atoms with van der Waals surface area (Å²) < 4.78 is 20.4. The van der Waals surface area contributed by atoms with E-state index < -0.39 is 0 Å². The van der Waals surface area contributed by atoms with Gasteiger partial charge in [-0.25, -0.2) is 14.4 Å². The van der Waals surface area contributed by atoms with Gasteiger partial charge < -0.3 is 4.74 Å². The molecule has 0 aliphatic rings. The van der Waals surface area contributed by atoms with Crippen LogP contribution in [0.5, 0.6) is 5.75 Å². The number of anilines is 1. The highest BCUT2D eigenvalue weighted by molar-refractivity contribution is 7.23. The molecule has 2 aromatic heterocycles. The summed E-state index contributed by atoms with van der Waals surface area (Å²) in [4.78, 5) is 9.84. The van der Waals surface area contributed by atoms with Crippen LogP contribution in [0.2, 0.25) is 0 Å². The average Bonchev–Trinajstić information content (AvgIpc) is 3.07. The monoisotopic (exact) mass is 406 g/mol. The summed E-state index contributed by atoms with van der Waals surface area (Å²) >= 11 is 1.58. The third kappa shape index (κ3) is 3.82. The van der Waals surface area contributed by atoms with Crippen molar-refractivity contribution in [2.45, 2.75) is 13.8 Å². The van der Waals surface area contributed by atoms with Crippen LogP contribution >= 0.6 is 11.3 Å². The highest BCUT2D eigenvalue weighted by Gasteiger charge is 2.17. The Balaban J connectivity index is 1.71. The van der Waals surface area contributed by atoms with Crippen LogP contribution in [-0.2, 0) is 0 Å². The van der Waals surface area contributed by atoms with Crippen molar-refractivity contribution < 1.29 is 9.13 Å². The van der Waals surface area contributed by atoms with Crippen LogP contribution in [0.25, 0.3) is 20.7 Å². The summed E-state index contributed by atoms with van der Waals surface area (Å²) in [6, 6.07) is 14.4. The topological polar surface area (TPSA) is 59.4 Å². The molecule has 0 spiro atoms. The van der Waals surface area contributed by atoms with Gasteiger partial charge in [0.2, 0.25) is 0 Å². The van der Waals surface area contributed by atoms with Gasteiger partial charge in [0.1, 0.15) is 17.9 Å². The number of nitrogens with zero attached hydrogens (tertiary/aromatic N) is 3. The van der Waals surface area contributed by atoms with Gasteiger partial charge in [0.15, 0.2) is 5.82 Å². The molecule has 146 valence electrons. The lowest BCUT2D eigenvalue weighted by molar-refractivity contribution is 0.341. The van der Waals surface area contributed by atoms with Crippen molar-refractivity contribution in [1.82, 2.24) is 9.97 Å². The van der Waals surface area contributed by atoms with Gasteiger partial charge >= 0.3 is 0 Å². The second kappa shape index (κ2) is 8.36. The van der Waals surface area contributed by atoms with Crippen LogP contribution in [0.1, 0.15) is 18.1 Å². The van der Waals surface area contributed by atoms with Crippen molar-refractivity contribution in [2.24, 2.45) is 5.10 Å². The molecule has 29 heavy (non-hydrogen) atoms. The Morgan fingerprint density at radius 2 is 1.93 bits per heavy atom. The lowest BCUT2D eigenvalue weighted by Crippen LogP contribution is -1.95. The quantitative estimate of drug-likeness (QED) is 0.332. The summed E-state index contributed by atoms with van der Waals surface area (Å²) in [5.74, 6) is 1.09. The lowest BCUT2D eigenvalue weighted by Gasteiger charge is -2.09. The van der Waals surface area contributed by atoms with Gasteiger partial charge in [0.25, 0.3) is 0 Å². The summed E-state index contributed by atoms with van der Waals surface area (Å²) in [6.45, 7) is 4.60. The van der Waals surface area contributed by atoms with Crippen molar-refractivity contribution in [2.75, 3.05) is 12.0 Å². The Kier molecular flexibility index (Phi) is 5.48. The van der Waals surface area contributed by atoms with Crippen LogP contribution in [-0.4, -0.2) is 22.8 Å². The Labute approximate surface area is 171 Å². The minimum Gasteiger partial charge on any atom is -0.493 e. The molecule has 0 radical (unpaired) electrons. The standard InChI is InChI=1S/C22H19FN4OS/c1-3-28-18-11-7-5-9-16(18)20-14(2)19-21(29-20)22(25-13-24-19)27-26-12-15-8-4-6-10-17(15)23/h4-13H,3H2,1-2H3,(H,24,25,27)/b26-12+. The van der Waals surface area contributed by atoms with E-state index in [1.54, 1.807) is 29.5 Å². The Bertz CT molecular complexity index is 1190. The van der Waals surface area contributed by atoms with Crippen LogP contribution < -0.4 is 10.2 Å². The second-order valence-corrected chi connectivity index (χ2v) is 7.30. The molecule has 2 heterocycles. The van der Waals surface area contributed by atoms with Gasteiger partial charge in [0.05, 0.1) is 23.0 Å². The van der Waals surface area contributed by atoms with E-state index in [9.17, 15) is 4.39 Å². The average molecular weight is 406 g/mol. The molecule has 4 aromatic rings. The molecule has 0 saturated carbocycles. The van der Waals surface area contributed by atoms with Crippen molar-refractivity contribution in [1.29, 1.82) is 0 Å².